The smallest absolute Gasteiger partial charge is 0.269 e. The van der Waals surface area contributed by atoms with E-state index in [0.29, 0.717) is 21.7 Å². The van der Waals surface area contributed by atoms with Gasteiger partial charge in [-0.05, 0) is 42.1 Å². The van der Waals surface area contributed by atoms with Crippen LogP contribution in [-0.4, -0.2) is 37.0 Å². The molecule has 0 unspecified atom stereocenters. The number of nitrogens with zero attached hydrogens (tertiary/aromatic N) is 5. The molecule has 0 spiro atoms. The summed E-state index contributed by atoms with van der Waals surface area (Å²) >= 11 is 2.67. The average Bonchev–Trinajstić information content (AvgIpc) is 3.47. The maximum Gasteiger partial charge on any atom is 0.269 e. The number of benzene rings is 1. The Morgan fingerprint density at radius 3 is 2.73 bits per heavy atom. The summed E-state index contributed by atoms with van der Waals surface area (Å²) < 4.78 is 1.86. The number of non-ortho nitro benzene ring substituents is 1. The zero-order valence-corrected chi connectivity index (χ0v) is 17.2. The topological polar surface area (TPSA) is 93.6 Å². The molecule has 0 N–H and O–H groups in total. The van der Waals surface area contributed by atoms with Crippen molar-refractivity contribution >= 4 is 51.1 Å². The first-order chi connectivity index (χ1) is 14.6. The summed E-state index contributed by atoms with van der Waals surface area (Å²) in [6.07, 6.45) is 6.94. The van der Waals surface area contributed by atoms with Gasteiger partial charge in [0.15, 0.2) is 5.17 Å². The van der Waals surface area contributed by atoms with E-state index in [1.54, 1.807) is 35.4 Å². The number of amides is 1. The highest BCUT2D eigenvalue weighted by molar-refractivity contribution is 8.18. The first-order valence-corrected chi connectivity index (χ1v) is 10.5. The van der Waals surface area contributed by atoms with Crippen molar-refractivity contribution < 1.29 is 9.72 Å². The molecular weight excluding hydrogens is 422 g/mol. The summed E-state index contributed by atoms with van der Waals surface area (Å²) in [6, 6.07) is 9.96. The largest absolute Gasteiger partial charge is 0.317 e. The van der Waals surface area contributed by atoms with Gasteiger partial charge in [-0.15, -0.1) is 17.9 Å². The van der Waals surface area contributed by atoms with Gasteiger partial charge in [-0.2, -0.15) is 4.99 Å². The second kappa shape index (κ2) is 8.47. The van der Waals surface area contributed by atoms with Gasteiger partial charge in [0.25, 0.3) is 11.6 Å². The lowest BCUT2D eigenvalue weighted by Gasteiger charge is -2.11. The SMILES string of the molecule is C=CCN1C(=O)/C(=C/c2cccn2-c2ccc([N+](=O)[O-])cc2)S/C1=N/c1nccs1. The summed E-state index contributed by atoms with van der Waals surface area (Å²) in [7, 11) is 0. The number of nitro benzene ring substituents is 1. The number of hydrogen-bond donors (Lipinski definition) is 0. The zero-order chi connectivity index (χ0) is 21.1. The normalized spacial score (nSPS) is 16.5. The van der Waals surface area contributed by atoms with Crippen LogP contribution < -0.4 is 0 Å². The summed E-state index contributed by atoms with van der Waals surface area (Å²) in [4.78, 5) is 34.1. The molecule has 2 aromatic heterocycles. The molecule has 1 amide bonds. The first kappa shape index (κ1) is 19.8. The number of thioether (sulfide) groups is 1. The van der Waals surface area contributed by atoms with Crippen LogP contribution in [0.1, 0.15) is 5.69 Å². The molecule has 1 saturated heterocycles. The summed E-state index contributed by atoms with van der Waals surface area (Å²) in [5.41, 5.74) is 1.55. The summed E-state index contributed by atoms with van der Waals surface area (Å²) in [5.74, 6) is -0.161. The van der Waals surface area contributed by atoms with Crippen molar-refractivity contribution in [3.8, 4) is 5.69 Å². The van der Waals surface area contributed by atoms with Crippen molar-refractivity contribution in [2.75, 3.05) is 6.54 Å². The fourth-order valence-corrected chi connectivity index (χ4v) is 4.39. The van der Waals surface area contributed by atoms with Gasteiger partial charge >= 0.3 is 0 Å². The minimum absolute atomic E-state index is 0.0236. The molecule has 10 heteroatoms. The Labute approximate surface area is 180 Å². The van der Waals surface area contributed by atoms with Gasteiger partial charge in [-0.25, -0.2) is 4.98 Å². The quantitative estimate of drug-likeness (QED) is 0.243. The number of thiazole rings is 1. The number of nitro groups is 1. The minimum Gasteiger partial charge on any atom is -0.317 e. The number of carbonyl (C=O) groups excluding carboxylic acids is 1. The van der Waals surface area contributed by atoms with Crippen molar-refractivity contribution in [2.45, 2.75) is 0 Å². The van der Waals surface area contributed by atoms with Crippen LogP contribution in [-0.2, 0) is 4.79 Å². The Balaban J connectivity index is 1.67. The lowest BCUT2D eigenvalue weighted by molar-refractivity contribution is -0.384. The van der Waals surface area contributed by atoms with Crippen LogP contribution in [0.3, 0.4) is 0 Å². The third kappa shape index (κ3) is 3.95. The molecular formula is C20H15N5O3S2. The maximum atomic E-state index is 12.9. The molecule has 3 aromatic rings. The van der Waals surface area contributed by atoms with E-state index >= 15 is 0 Å². The molecule has 30 heavy (non-hydrogen) atoms. The molecule has 150 valence electrons. The highest BCUT2D eigenvalue weighted by Crippen LogP contribution is 2.34. The molecule has 0 aliphatic carbocycles. The van der Waals surface area contributed by atoms with Crippen molar-refractivity contribution in [1.82, 2.24) is 14.5 Å². The van der Waals surface area contributed by atoms with E-state index in [9.17, 15) is 14.9 Å². The Bertz CT molecular complexity index is 1160. The summed E-state index contributed by atoms with van der Waals surface area (Å²) in [5, 5.41) is 13.8. The average molecular weight is 438 g/mol. The predicted octanol–water partition coefficient (Wildman–Crippen LogP) is 4.63. The Kier molecular flexibility index (Phi) is 5.59. The van der Waals surface area contributed by atoms with Crippen LogP contribution in [0.15, 0.2) is 76.7 Å². The molecule has 0 saturated carbocycles. The second-order valence-corrected chi connectivity index (χ2v) is 7.98. The van der Waals surface area contributed by atoms with Crippen LogP contribution in [0.4, 0.5) is 10.8 Å². The highest BCUT2D eigenvalue weighted by Gasteiger charge is 2.33. The molecule has 1 aliphatic rings. The molecule has 0 atom stereocenters. The van der Waals surface area contributed by atoms with Gasteiger partial charge in [-0.1, -0.05) is 6.08 Å². The Hall–Kier alpha value is -3.50. The molecule has 0 bridgehead atoms. The van der Waals surface area contributed by atoms with Crippen molar-refractivity contribution in [2.24, 2.45) is 4.99 Å². The first-order valence-electron chi connectivity index (χ1n) is 8.79. The predicted molar refractivity (Wildman–Crippen MR) is 119 cm³/mol. The van der Waals surface area contributed by atoms with Crippen molar-refractivity contribution in [1.29, 1.82) is 0 Å². The van der Waals surface area contributed by atoms with Crippen LogP contribution >= 0.6 is 23.1 Å². The number of amidine groups is 1. The molecule has 4 rings (SSSR count). The fraction of sp³-hybridized carbons (Fsp3) is 0.0500. The lowest BCUT2D eigenvalue weighted by atomic mass is 10.2. The number of rotatable bonds is 6. The van der Waals surface area contributed by atoms with Crippen molar-refractivity contribution in [3.05, 3.63) is 87.5 Å². The lowest BCUT2D eigenvalue weighted by Crippen LogP contribution is -2.29. The molecule has 0 radical (unpaired) electrons. The third-order valence-corrected chi connectivity index (χ3v) is 5.88. The fourth-order valence-electron chi connectivity index (χ4n) is 2.85. The Morgan fingerprint density at radius 2 is 2.07 bits per heavy atom. The van der Waals surface area contributed by atoms with Gasteiger partial charge in [-0.3, -0.25) is 19.8 Å². The summed E-state index contributed by atoms with van der Waals surface area (Å²) in [6.45, 7) is 4.07. The van der Waals surface area contributed by atoms with E-state index in [0.717, 1.165) is 11.4 Å². The third-order valence-electron chi connectivity index (χ3n) is 4.21. The van der Waals surface area contributed by atoms with E-state index < -0.39 is 4.92 Å². The van der Waals surface area contributed by atoms with E-state index in [4.69, 9.17) is 0 Å². The minimum atomic E-state index is -0.437. The van der Waals surface area contributed by atoms with Gasteiger partial charge in [0, 0.05) is 47.8 Å². The molecule has 8 nitrogen and oxygen atoms in total. The highest BCUT2D eigenvalue weighted by atomic mass is 32.2. The molecule has 1 aliphatic heterocycles. The van der Waals surface area contributed by atoms with Gasteiger partial charge in [0.05, 0.1) is 9.83 Å². The number of aliphatic imine (C=N–C) groups is 1. The van der Waals surface area contributed by atoms with E-state index in [-0.39, 0.29) is 11.6 Å². The molecule has 3 heterocycles. The van der Waals surface area contributed by atoms with Gasteiger partial charge < -0.3 is 4.57 Å². The number of carbonyl (C=O) groups is 1. The van der Waals surface area contributed by atoms with Crippen LogP contribution in [0, 0.1) is 10.1 Å². The van der Waals surface area contributed by atoms with Crippen LogP contribution in [0.25, 0.3) is 11.8 Å². The van der Waals surface area contributed by atoms with Crippen LogP contribution in [0.5, 0.6) is 0 Å². The van der Waals surface area contributed by atoms with Gasteiger partial charge in [0.1, 0.15) is 0 Å². The van der Waals surface area contributed by atoms with E-state index in [1.165, 1.54) is 35.2 Å². The number of aromatic nitrogens is 2. The zero-order valence-electron chi connectivity index (χ0n) is 15.5. The monoisotopic (exact) mass is 437 g/mol. The molecule has 1 fully saturated rings. The second-order valence-electron chi connectivity index (χ2n) is 6.10. The van der Waals surface area contributed by atoms with Crippen LogP contribution in [0.2, 0.25) is 0 Å². The van der Waals surface area contributed by atoms with Gasteiger partial charge in [0.2, 0.25) is 5.13 Å². The standard InChI is InChI=1S/C20H15N5O3S2/c1-2-10-24-18(26)17(30-20(24)22-19-21-9-12-29-19)13-16-4-3-11-23(16)14-5-7-15(8-6-14)25(27)28/h2-9,11-13H,1,10H2/b17-13-,22-20+. The van der Waals surface area contributed by atoms with E-state index in [1.807, 2.05) is 28.3 Å². The van der Waals surface area contributed by atoms with Crippen molar-refractivity contribution in [3.63, 3.8) is 0 Å². The van der Waals surface area contributed by atoms with E-state index in [2.05, 4.69) is 16.6 Å². The Morgan fingerprint density at radius 1 is 1.27 bits per heavy atom. The number of hydrogen-bond acceptors (Lipinski definition) is 7. The molecule has 1 aromatic carbocycles. The maximum absolute atomic E-state index is 12.9.